The lowest BCUT2D eigenvalue weighted by Gasteiger charge is -2.02. The zero-order valence-electron chi connectivity index (χ0n) is 6.96. The molecule has 0 aliphatic carbocycles. The molecule has 0 spiro atoms. The first-order valence-corrected chi connectivity index (χ1v) is 3.94. The third-order valence-corrected chi connectivity index (χ3v) is 2.17. The van der Waals surface area contributed by atoms with Gasteiger partial charge in [-0.05, 0) is 24.1 Å². The highest BCUT2D eigenvalue weighted by molar-refractivity contribution is 5.82. The number of hydrogen-bond acceptors (Lipinski definition) is 2. The summed E-state index contributed by atoms with van der Waals surface area (Å²) in [5, 5.41) is 8.02. The van der Waals surface area contributed by atoms with Gasteiger partial charge < -0.3 is 5.73 Å². The smallest absolute Gasteiger partial charge is 0.0653 e. The monoisotopic (exact) mass is 161 g/mol. The normalized spacial score (nSPS) is 10.8. The van der Waals surface area contributed by atoms with Crippen molar-refractivity contribution in [3.63, 3.8) is 0 Å². The van der Waals surface area contributed by atoms with E-state index in [2.05, 4.69) is 23.2 Å². The number of nitrogens with two attached hydrogens (primary N) is 1. The summed E-state index contributed by atoms with van der Waals surface area (Å²) in [5.74, 6) is 0. The van der Waals surface area contributed by atoms with E-state index in [4.69, 9.17) is 5.73 Å². The summed E-state index contributed by atoms with van der Waals surface area (Å²) in [6.45, 7) is 2.64. The Labute approximate surface area is 70.6 Å². The molecule has 0 saturated heterocycles. The van der Waals surface area contributed by atoms with Crippen LogP contribution in [0.5, 0.6) is 0 Å². The number of rotatable bonds is 1. The Balaban J connectivity index is 2.83. The highest BCUT2D eigenvalue weighted by Gasteiger charge is 2.03. The summed E-state index contributed by atoms with van der Waals surface area (Å²) < 4.78 is 0. The van der Waals surface area contributed by atoms with E-state index >= 15 is 0 Å². The minimum Gasteiger partial charge on any atom is -0.326 e. The van der Waals surface area contributed by atoms with Crippen LogP contribution in [0.15, 0.2) is 18.3 Å². The second-order valence-electron chi connectivity index (χ2n) is 2.90. The van der Waals surface area contributed by atoms with Gasteiger partial charge in [-0.2, -0.15) is 5.10 Å². The van der Waals surface area contributed by atoms with E-state index in [9.17, 15) is 0 Å². The lowest BCUT2D eigenvalue weighted by Crippen LogP contribution is -1.99. The van der Waals surface area contributed by atoms with Crippen molar-refractivity contribution in [1.29, 1.82) is 0 Å². The number of nitrogens with one attached hydrogen (secondary N) is 1. The largest absolute Gasteiger partial charge is 0.326 e. The van der Waals surface area contributed by atoms with Crippen molar-refractivity contribution >= 4 is 10.9 Å². The number of aromatic amines is 1. The molecule has 0 atom stereocenters. The summed E-state index contributed by atoms with van der Waals surface area (Å²) in [4.78, 5) is 0. The van der Waals surface area contributed by atoms with Crippen molar-refractivity contribution in [2.24, 2.45) is 5.73 Å². The van der Waals surface area contributed by atoms with Gasteiger partial charge in [0.25, 0.3) is 0 Å². The molecule has 0 radical (unpaired) electrons. The Bertz CT molecular complexity index is 403. The maximum Gasteiger partial charge on any atom is 0.0653 e. The Hall–Kier alpha value is -1.35. The number of aromatic nitrogens is 2. The number of H-pyrrole nitrogens is 1. The van der Waals surface area contributed by atoms with Crippen molar-refractivity contribution in [2.45, 2.75) is 13.5 Å². The molecule has 3 heteroatoms. The van der Waals surface area contributed by atoms with Crippen LogP contribution in [0.3, 0.4) is 0 Å². The molecule has 3 N–H and O–H groups in total. The van der Waals surface area contributed by atoms with Gasteiger partial charge in [-0.1, -0.05) is 6.07 Å². The van der Waals surface area contributed by atoms with E-state index in [0.717, 1.165) is 10.9 Å². The van der Waals surface area contributed by atoms with E-state index in [1.807, 2.05) is 12.3 Å². The maximum atomic E-state index is 5.63. The average molecular weight is 161 g/mol. The fraction of sp³-hybridized carbons (Fsp3) is 0.222. The SMILES string of the molecule is Cc1ccc2[nH]ncc2c1CN. The Morgan fingerprint density at radius 2 is 2.33 bits per heavy atom. The quantitative estimate of drug-likeness (QED) is 0.663. The predicted octanol–water partition coefficient (Wildman–Crippen LogP) is 1.33. The van der Waals surface area contributed by atoms with Gasteiger partial charge in [0.05, 0.1) is 11.7 Å². The molecule has 2 aromatic rings. The molecule has 62 valence electrons. The fourth-order valence-electron chi connectivity index (χ4n) is 1.46. The van der Waals surface area contributed by atoms with Crippen LogP contribution < -0.4 is 5.73 Å². The lowest BCUT2D eigenvalue weighted by atomic mass is 10.1. The summed E-state index contributed by atoms with van der Waals surface area (Å²) in [7, 11) is 0. The van der Waals surface area contributed by atoms with Gasteiger partial charge in [0.15, 0.2) is 0 Å². The number of fused-ring (bicyclic) bond motifs is 1. The molecule has 0 amide bonds. The van der Waals surface area contributed by atoms with Gasteiger partial charge in [-0.25, -0.2) is 0 Å². The van der Waals surface area contributed by atoms with Crippen molar-refractivity contribution in [3.8, 4) is 0 Å². The van der Waals surface area contributed by atoms with Gasteiger partial charge in [-0.15, -0.1) is 0 Å². The van der Waals surface area contributed by atoms with E-state index in [0.29, 0.717) is 6.54 Å². The Kier molecular flexibility index (Phi) is 1.59. The minimum atomic E-state index is 0.572. The number of aryl methyl sites for hydroxylation is 1. The number of nitrogens with zero attached hydrogens (tertiary/aromatic N) is 1. The van der Waals surface area contributed by atoms with Crippen LogP contribution in [0, 0.1) is 6.92 Å². The molecule has 0 bridgehead atoms. The van der Waals surface area contributed by atoms with Crippen LogP contribution in [0.4, 0.5) is 0 Å². The minimum absolute atomic E-state index is 0.572. The topological polar surface area (TPSA) is 54.7 Å². The highest BCUT2D eigenvalue weighted by atomic mass is 15.1. The molecule has 1 heterocycles. The van der Waals surface area contributed by atoms with E-state index in [1.54, 1.807) is 0 Å². The van der Waals surface area contributed by atoms with Crippen LogP contribution >= 0.6 is 0 Å². The van der Waals surface area contributed by atoms with Gasteiger partial charge in [0.2, 0.25) is 0 Å². The molecule has 0 saturated carbocycles. The molecule has 1 aromatic heterocycles. The zero-order chi connectivity index (χ0) is 8.55. The predicted molar refractivity (Wildman–Crippen MR) is 48.7 cm³/mol. The van der Waals surface area contributed by atoms with Crippen molar-refractivity contribution < 1.29 is 0 Å². The van der Waals surface area contributed by atoms with Gasteiger partial charge in [-0.3, -0.25) is 5.10 Å². The molecule has 12 heavy (non-hydrogen) atoms. The fourth-order valence-corrected chi connectivity index (χ4v) is 1.46. The summed E-state index contributed by atoms with van der Waals surface area (Å²) in [5.41, 5.74) is 9.10. The first-order valence-electron chi connectivity index (χ1n) is 3.94. The van der Waals surface area contributed by atoms with Crippen LogP contribution in [0.1, 0.15) is 11.1 Å². The van der Waals surface area contributed by atoms with Crippen molar-refractivity contribution in [3.05, 3.63) is 29.5 Å². The van der Waals surface area contributed by atoms with Gasteiger partial charge in [0.1, 0.15) is 0 Å². The Morgan fingerprint density at radius 1 is 1.50 bits per heavy atom. The van der Waals surface area contributed by atoms with Crippen LogP contribution in [-0.4, -0.2) is 10.2 Å². The third-order valence-electron chi connectivity index (χ3n) is 2.17. The summed E-state index contributed by atoms with van der Waals surface area (Å²) in [6.07, 6.45) is 1.82. The highest BCUT2D eigenvalue weighted by Crippen LogP contribution is 2.19. The van der Waals surface area contributed by atoms with E-state index in [-0.39, 0.29) is 0 Å². The van der Waals surface area contributed by atoms with E-state index in [1.165, 1.54) is 11.1 Å². The first kappa shape index (κ1) is 7.31. The molecule has 2 rings (SSSR count). The van der Waals surface area contributed by atoms with Crippen molar-refractivity contribution in [1.82, 2.24) is 10.2 Å². The number of benzene rings is 1. The molecule has 0 unspecified atom stereocenters. The molecule has 1 aromatic carbocycles. The van der Waals surface area contributed by atoms with Gasteiger partial charge in [0, 0.05) is 11.9 Å². The van der Waals surface area contributed by atoms with Gasteiger partial charge >= 0.3 is 0 Å². The molecule has 0 aliphatic heterocycles. The molecular formula is C9H11N3. The average Bonchev–Trinajstić information content (AvgIpc) is 2.52. The second-order valence-corrected chi connectivity index (χ2v) is 2.90. The van der Waals surface area contributed by atoms with Crippen molar-refractivity contribution in [2.75, 3.05) is 0 Å². The Morgan fingerprint density at radius 3 is 3.08 bits per heavy atom. The van der Waals surface area contributed by atoms with Crippen LogP contribution in [-0.2, 0) is 6.54 Å². The lowest BCUT2D eigenvalue weighted by molar-refractivity contribution is 1.07. The van der Waals surface area contributed by atoms with Crippen LogP contribution in [0.25, 0.3) is 10.9 Å². The molecule has 0 aliphatic rings. The third kappa shape index (κ3) is 0.905. The summed E-state index contributed by atoms with van der Waals surface area (Å²) in [6, 6.07) is 4.08. The molecule has 3 nitrogen and oxygen atoms in total. The standard InChI is InChI=1S/C9H11N3/c1-6-2-3-9-8(5-11-12-9)7(6)4-10/h2-3,5H,4,10H2,1H3,(H,11,12). The maximum absolute atomic E-state index is 5.63. The molecular weight excluding hydrogens is 150 g/mol. The zero-order valence-corrected chi connectivity index (χ0v) is 6.96. The molecule has 0 fully saturated rings. The second kappa shape index (κ2) is 2.60. The first-order chi connectivity index (χ1) is 5.83. The number of hydrogen-bond donors (Lipinski definition) is 2. The van der Waals surface area contributed by atoms with Crippen LogP contribution in [0.2, 0.25) is 0 Å². The summed E-state index contributed by atoms with van der Waals surface area (Å²) >= 11 is 0. The van der Waals surface area contributed by atoms with E-state index < -0.39 is 0 Å².